The molecular formula is C20H20ClN3O. The predicted octanol–water partition coefficient (Wildman–Crippen LogP) is 4.44. The minimum atomic E-state index is 0.125. The molecule has 0 radical (unpaired) electrons. The van der Waals surface area contributed by atoms with Crippen molar-refractivity contribution < 1.29 is 4.79 Å². The molecule has 1 atom stereocenters. The van der Waals surface area contributed by atoms with Gasteiger partial charge in [-0.1, -0.05) is 23.7 Å². The highest BCUT2D eigenvalue weighted by atomic mass is 35.5. The fourth-order valence-corrected chi connectivity index (χ4v) is 3.94. The third kappa shape index (κ3) is 3.14. The van der Waals surface area contributed by atoms with E-state index in [0.717, 1.165) is 47.3 Å². The normalized spacial score (nSPS) is 17.8. The summed E-state index contributed by atoms with van der Waals surface area (Å²) in [5.41, 5.74) is 2.12. The predicted molar refractivity (Wildman–Crippen MR) is 99.5 cm³/mol. The zero-order chi connectivity index (χ0) is 17.2. The van der Waals surface area contributed by atoms with Gasteiger partial charge in [0.05, 0.1) is 6.04 Å². The zero-order valence-electron chi connectivity index (χ0n) is 13.9. The lowest BCUT2D eigenvalue weighted by Gasteiger charge is -2.36. The van der Waals surface area contributed by atoms with E-state index in [9.17, 15) is 4.79 Å². The number of hydrogen-bond donors (Lipinski definition) is 0. The third-order valence-corrected chi connectivity index (χ3v) is 5.29. The summed E-state index contributed by atoms with van der Waals surface area (Å²) in [6, 6.07) is 11.9. The van der Waals surface area contributed by atoms with Crippen molar-refractivity contribution in [3.05, 3.63) is 65.6 Å². The summed E-state index contributed by atoms with van der Waals surface area (Å²) in [6.07, 6.45) is 8.79. The number of rotatable bonds is 3. The second-order valence-corrected chi connectivity index (χ2v) is 6.91. The number of carbonyl (C=O) groups is 1. The van der Waals surface area contributed by atoms with Crippen LogP contribution in [0.1, 0.15) is 30.9 Å². The molecule has 2 aromatic heterocycles. The lowest BCUT2D eigenvalue weighted by molar-refractivity contribution is -0.135. The summed E-state index contributed by atoms with van der Waals surface area (Å²) in [5, 5.41) is 1.70. The summed E-state index contributed by atoms with van der Waals surface area (Å²) in [7, 11) is 0. The first-order valence-corrected chi connectivity index (χ1v) is 9.04. The molecule has 0 unspecified atom stereocenters. The van der Waals surface area contributed by atoms with Crippen LogP contribution in [0, 0.1) is 0 Å². The molecule has 0 saturated carbocycles. The molecule has 0 bridgehead atoms. The minimum absolute atomic E-state index is 0.125. The van der Waals surface area contributed by atoms with Gasteiger partial charge in [0.2, 0.25) is 5.91 Å². The maximum atomic E-state index is 13.0. The number of likely N-dealkylation sites (tertiary alicyclic amines) is 1. The Morgan fingerprint density at radius 2 is 2.12 bits per heavy atom. The monoisotopic (exact) mass is 353 g/mol. The summed E-state index contributed by atoms with van der Waals surface area (Å²) in [4.78, 5) is 19.3. The second kappa shape index (κ2) is 6.89. The first-order chi connectivity index (χ1) is 12.2. The molecule has 1 aliphatic heterocycles. The van der Waals surface area contributed by atoms with Crippen molar-refractivity contribution >= 4 is 28.4 Å². The average Bonchev–Trinajstić information content (AvgIpc) is 3.07. The van der Waals surface area contributed by atoms with Gasteiger partial charge in [0.1, 0.15) is 6.54 Å². The Labute approximate surface area is 152 Å². The second-order valence-electron chi connectivity index (χ2n) is 6.50. The first-order valence-electron chi connectivity index (χ1n) is 8.67. The molecule has 128 valence electrons. The Kier molecular flexibility index (Phi) is 4.45. The number of fused-ring (bicyclic) bond motifs is 1. The van der Waals surface area contributed by atoms with E-state index in [4.69, 9.17) is 11.6 Å². The number of amides is 1. The smallest absolute Gasteiger partial charge is 0.243 e. The van der Waals surface area contributed by atoms with Gasteiger partial charge in [0.25, 0.3) is 0 Å². The van der Waals surface area contributed by atoms with Crippen LogP contribution in [0.5, 0.6) is 0 Å². The van der Waals surface area contributed by atoms with Gasteiger partial charge in [-0.2, -0.15) is 0 Å². The molecule has 0 N–H and O–H groups in total. The van der Waals surface area contributed by atoms with Gasteiger partial charge in [0, 0.05) is 41.1 Å². The molecule has 0 spiro atoms. The molecule has 1 saturated heterocycles. The number of aromatic nitrogens is 2. The fraction of sp³-hybridized carbons (Fsp3) is 0.300. The van der Waals surface area contributed by atoms with E-state index in [2.05, 4.69) is 11.1 Å². The van der Waals surface area contributed by atoms with E-state index in [1.165, 1.54) is 0 Å². The van der Waals surface area contributed by atoms with Crippen LogP contribution in [-0.4, -0.2) is 26.9 Å². The molecular weight excluding hydrogens is 334 g/mol. The highest BCUT2D eigenvalue weighted by Crippen LogP contribution is 2.31. The van der Waals surface area contributed by atoms with E-state index in [1.54, 1.807) is 6.20 Å². The van der Waals surface area contributed by atoms with Crippen molar-refractivity contribution in [2.45, 2.75) is 31.8 Å². The molecule has 1 amide bonds. The zero-order valence-corrected chi connectivity index (χ0v) is 14.7. The number of hydrogen-bond acceptors (Lipinski definition) is 2. The molecule has 4 nitrogen and oxygen atoms in total. The Balaban J connectivity index is 1.59. The summed E-state index contributed by atoms with van der Waals surface area (Å²) >= 11 is 6.24. The van der Waals surface area contributed by atoms with Gasteiger partial charge in [0.15, 0.2) is 0 Å². The lowest BCUT2D eigenvalue weighted by Crippen LogP contribution is -2.40. The van der Waals surface area contributed by atoms with E-state index in [1.807, 2.05) is 52.2 Å². The number of carbonyl (C=O) groups excluding carboxylic acids is 1. The molecule has 4 rings (SSSR count). The average molecular weight is 354 g/mol. The lowest BCUT2D eigenvalue weighted by atomic mass is 9.96. The molecule has 3 heterocycles. The Morgan fingerprint density at radius 3 is 2.96 bits per heavy atom. The number of nitrogens with zero attached hydrogens (tertiary/aromatic N) is 3. The Morgan fingerprint density at radius 1 is 1.20 bits per heavy atom. The van der Waals surface area contributed by atoms with Crippen LogP contribution in [-0.2, 0) is 11.3 Å². The van der Waals surface area contributed by atoms with Crippen LogP contribution in [0.15, 0.2) is 55.0 Å². The third-order valence-electron chi connectivity index (χ3n) is 4.96. The van der Waals surface area contributed by atoms with Crippen molar-refractivity contribution in [1.29, 1.82) is 0 Å². The molecule has 1 aliphatic rings. The molecule has 1 aromatic carbocycles. The van der Waals surface area contributed by atoms with Crippen LogP contribution in [0.4, 0.5) is 0 Å². The number of piperidine rings is 1. The Hall–Kier alpha value is -2.33. The maximum absolute atomic E-state index is 13.0. The van der Waals surface area contributed by atoms with Gasteiger partial charge in [-0.15, -0.1) is 0 Å². The van der Waals surface area contributed by atoms with Crippen LogP contribution >= 0.6 is 11.6 Å². The van der Waals surface area contributed by atoms with Crippen LogP contribution in [0.2, 0.25) is 5.02 Å². The van der Waals surface area contributed by atoms with Crippen LogP contribution in [0.25, 0.3) is 10.9 Å². The van der Waals surface area contributed by atoms with Gasteiger partial charge in [-0.25, -0.2) is 0 Å². The van der Waals surface area contributed by atoms with E-state index >= 15 is 0 Å². The molecule has 25 heavy (non-hydrogen) atoms. The molecule has 3 aromatic rings. The van der Waals surface area contributed by atoms with Gasteiger partial charge in [-0.3, -0.25) is 9.78 Å². The highest BCUT2D eigenvalue weighted by molar-refractivity contribution is 6.35. The molecule has 1 fully saturated rings. The van der Waals surface area contributed by atoms with Gasteiger partial charge in [-0.05, 0) is 49.1 Å². The minimum Gasteiger partial charge on any atom is -0.338 e. The summed E-state index contributed by atoms with van der Waals surface area (Å²) in [6.45, 7) is 1.14. The van der Waals surface area contributed by atoms with E-state index in [-0.39, 0.29) is 11.9 Å². The van der Waals surface area contributed by atoms with Crippen molar-refractivity contribution in [2.75, 3.05) is 6.54 Å². The SMILES string of the molecule is O=C(Cn1ccc2c(Cl)cccc21)N1CCCC[C@@H]1c1cccnc1. The largest absolute Gasteiger partial charge is 0.338 e. The van der Waals surface area contributed by atoms with Crippen molar-refractivity contribution in [1.82, 2.24) is 14.5 Å². The maximum Gasteiger partial charge on any atom is 0.243 e. The number of pyridine rings is 1. The summed E-state index contributed by atoms with van der Waals surface area (Å²) in [5.74, 6) is 0.144. The van der Waals surface area contributed by atoms with Gasteiger partial charge >= 0.3 is 0 Å². The summed E-state index contributed by atoms with van der Waals surface area (Å²) < 4.78 is 1.98. The standard InChI is InChI=1S/C20H20ClN3O/c21-17-6-3-8-19-16(17)9-12-23(19)14-20(25)24-11-2-1-7-18(24)15-5-4-10-22-13-15/h3-6,8-10,12-13,18H,1-2,7,11,14H2/t18-/m1/s1. The van der Waals surface area contributed by atoms with Crippen LogP contribution in [0.3, 0.4) is 0 Å². The van der Waals surface area contributed by atoms with Crippen molar-refractivity contribution in [3.63, 3.8) is 0 Å². The molecule has 0 aliphatic carbocycles. The number of halogens is 1. The molecule has 5 heteroatoms. The highest BCUT2D eigenvalue weighted by Gasteiger charge is 2.28. The van der Waals surface area contributed by atoms with Crippen molar-refractivity contribution in [3.8, 4) is 0 Å². The topological polar surface area (TPSA) is 38.1 Å². The fourth-order valence-electron chi connectivity index (χ4n) is 3.71. The van der Waals surface area contributed by atoms with Crippen molar-refractivity contribution in [2.24, 2.45) is 0 Å². The Bertz CT molecular complexity index is 890. The van der Waals surface area contributed by atoms with E-state index in [0.29, 0.717) is 6.54 Å². The van der Waals surface area contributed by atoms with E-state index < -0.39 is 0 Å². The first kappa shape index (κ1) is 16.2. The van der Waals surface area contributed by atoms with Gasteiger partial charge < -0.3 is 9.47 Å². The number of benzene rings is 1. The quantitative estimate of drug-likeness (QED) is 0.698. The van der Waals surface area contributed by atoms with Crippen LogP contribution < -0.4 is 0 Å².